The molecule has 3 aromatic rings. The van der Waals surface area contributed by atoms with Crippen LogP contribution in [0.2, 0.25) is 0 Å². The van der Waals surface area contributed by atoms with Crippen LogP contribution in [0.15, 0.2) is 41.2 Å². The molecule has 0 unspecified atom stereocenters. The number of fused-ring (bicyclic) bond motifs is 3. The quantitative estimate of drug-likeness (QED) is 0.626. The Morgan fingerprint density at radius 2 is 1.63 bits per heavy atom. The Hall–Kier alpha value is -2.49. The molecule has 0 radical (unpaired) electrons. The molecule has 0 bridgehead atoms. The molecule has 4 heteroatoms. The fraction of sp³-hybridized carbons (Fsp3) is 0.133. The lowest BCUT2D eigenvalue weighted by molar-refractivity contribution is 0.172. The molecule has 0 fully saturated rings. The number of aromatic nitrogens is 1. The predicted molar refractivity (Wildman–Crippen MR) is 73.1 cm³/mol. The minimum atomic E-state index is 0.0151. The number of H-pyrrole nitrogens is 1. The van der Waals surface area contributed by atoms with E-state index >= 15 is 0 Å². The van der Waals surface area contributed by atoms with Gasteiger partial charge in [-0.2, -0.15) is 0 Å². The third-order valence-corrected chi connectivity index (χ3v) is 3.37. The Kier molecular flexibility index (Phi) is 2.06. The highest BCUT2D eigenvalue weighted by Gasteiger charge is 2.15. The maximum atomic E-state index is 12.5. The van der Waals surface area contributed by atoms with E-state index < -0.39 is 0 Å². The fourth-order valence-electron chi connectivity index (χ4n) is 2.46. The van der Waals surface area contributed by atoms with Crippen LogP contribution >= 0.6 is 0 Å². The zero-order valence-corrected chi connectivity index (χ0v) is 10.1. The van der Waals surface area contributed by atoms with E-state index in [0.29, 0.717) is 35.5 Å². The third-order valence-electron chi connectivity index (χ3n) is 3.37. The summed E-state index contributed by atoms with van der Waals surface area (Å²) in [6.45, 7) is 1.06. The number of pyridine rings is 1. The average Bonchev–Trinajstić information content (AvgIpc) is 2.46. The van der Waals surface area contributed by atoms with Crippen LogP contribution in [0.3, 0.4) is 0 Å². The number of hydrogen-bond acceptors (Lipinski definition) is 3. The Bertz CT molecular complexity index is 851. The van der Waals surface area contributed by atoms with Crippen LogP contribution in [0, 0.1) is 0 Å². The van der Waals surface area contributed by atoms with E-state index in [1.165, 1.54) is 0 Å². The lowest BCUT2D eigenvalue weighted by atomic mass is 10.1. The molecule has 0 saturated heterocycles. The van der Waals surface area contributed by atoms with Gasteiger partial charge in [-0.25, -0.2) is 0 Å². The molecule has 0 aliphatic carbocycles. The van der Waals surface area contributed by atoms with Crippen LogP contribution in [0.1, 0.15) is 0 Å². The van der Waals surface area contributed by atoms with E-state index in [-0.39, 0.29) is 5.43 Å². The molecule has 0 amide bonds. The number of rotatable bonds is 0. The molecule has 2 heterocycles. The minimum absolute atomic E-state index is 0.0151. The molecule has 4 nitrogen and oxygen atoms in total. The van der Waals surface area contributed by atoms with Gasteiger partial charge in [-0.1, -0.05) is 12.1 Å². The van der Waals surface area contributed by atoms with Gasteiger partial charge in [0.15, 0.2) is 16.9 Å². The van der Waals surface area contributed by atoms with Gasteiger partial charge in [-0.05, 0) is 18.2 Å². The summed E-state index contributed by atoms with van der Waals surface area (Å²) in [6, 6.07) is 11.1. The summed E-state index contributed by atoms with van der Waals surface area (Å²) in [6.07, 6.45) is 0. The van der Waals surface area contributed by atoms with Gasteiger partial charge in [0.1, 0.15) is 13.2 Å². The second-order valence-electron chi connectivity index (χ2n) is 4.54. The van der Waals surface area contributed by atoms with Gasteiger partial charge < -0.3 is 14.5 Å². The molecule has 1 aliphatic heterocycles. The molecule has 1 aromatic heterocycles. The van der Waals surface area contributed by atoms with Crippen molar-refractivity contribution >= 4 is 21.8 Å². The van der Waals surface area contributed by atoms with E-state index in [1.807, 2.05) is 30.3 Å². The maximum absolute atomic E-state index is 12.5. The number of para-hydroxylation sites is 1. The first-order chi connectivity index (χ1) is 9.33. The average molecular weight is 253 g/mol. The van der Waals surface area contributed by atoms with Gasteiger partial charge in [-0.3, -0.25) is 4.79 Å². The molecule has 4 rings (SSSR count). The molecular formula is C15H11NO3. The van der Waals surface area contributed by atoms with Crippen LogP contribution in [0.25, 0.3) is 21.8 Å². The van der Waals surface area contributed by atoms with Crippen LogP contribution < -0.4 is 14.9 Å². The summed E-state index contributed by atoms with van der Waals surface area (Å²) >= 11 is 0. The molecule has 19 heavy (non-hydrogen) atoms. The first kappa shape index (κ1) is 10.4. The normalized spacial score (nSPS) is 13.9. The van der Waals surface area contributed by atoms with Crippen molar-refractivity contribution in [2.24, 2.45) is 0 Å². The van der Waals surface area contributed by atoms with Crippen LogP contribution in [-0.2, 0) is 0 Å². The first-order valence-corrected chi connectivity index (χ1v) is 6.17. The van der Waals surface area contributed by atoms with E-state index in [1.54, 1.807) is 6.07 Å². The van der Waals surface area contributed by atoms with Crippen molar-refractivity contribution in [3.05, 3.63) is 46.6 Å². The Balaban J connectivity index is 2.15. The Labute approximate surface area is 108 Å². The van der Waals surface area contributed by atoms with Gasteiger partial charge in [0.05, 0.1) is 10.9 Å². The topological polar surface area (TPSA) is 51.3 Å². The number of nitrogens with one attached hydrogen (secondary N) is 1. The smallest absolute Gasteiger partial charge is 0.197 e. The fourth-order valence-corrected chi connectivity index (χ4v) is 2.46. The lowest BCUT2D eigenvalue weighted by Crippen LogP contribution is -2.16. The van der Waals surface area contributed by atoms with Gasteiger partial charge >= 0.3 is 0 Å². The number of aromatic amines is 1. The van der Waals surface area contributed by atoms with E-state index in [9.17, 15) is 4.79 Å². The second kappa shape index (κ2) is 3.75. The van der Waals surface area contributed by atoms with Gasteiger partial charge in [-0.15, -0.1) is 0 Å². The Morgan fingerprint density at radius 3 is 2.47 bits per heavy atom. The Morgan fingerprint density at radius 1 is 0.895 bits per heavy atom. The van der Waals surface area contributed by atoms with Crippen molar-refractivity contribution in [2.75, 3.05) is 13.2 Å². The second-order valence-corrected chi connectivity index (χ2v) is 4.54. The van der Waals surface area contributed by atoms with Gasteiger partial charge in [0.2, 0.25) is 0 Å². The van der Waals surface area contributed by atoms with Gasteiger partial charge in [0, 0.05) is 17.0 Å². The molecular weight excluding hydrogens is 242 g/mol. The summed E-state index contributed by atoms with van der Waals surface area (Å²) < 4.78 is 11.1. The molecule has 94 valence electrons. The highest BCUT2D eigenvalue weighted by atomic mass is 16.6. The number of ether oxygens (including phenoxy) is 2. The largest absolute Gasteiger partial charge is 0.486 e. The molecule has 0 saturated carbocycles. The zero-order chi connectivity index (χ0) is 12.8. The minimum Gasteiger partial charge on any atom is -0.486 e. The summed E-state index contributed by atoms with van der Waals surface area (Å²) in [5.74, 6) is 1.32. The van der Waals surface area contributed by atoms with Crippen molar-refractivity contribution in [1.29, 1.82) is 0 Å². The summed E-state index contributed by atoms with van der Waals surface area (Å²) in [5.41, 5.74) is 1.62. The maximum Gasteiger partial charge on any atom is 0.197 e. The molecule has 0 atom stereocenters. The van der Waals surface area contributed by atoms with Crippen molar-refractivity contribution < 1.29 is 9.47 Å². The van der Waals surface area contributed by atoms with Crippen molar-refractivity contribution in [3.63, 3.8) is 0 Å². The molecule has 2 aromatic carbocycles. The monoisotopic (exact) mass is 253 g/mol. The standard InChI is InChI=1S/C15H11NO3/c17-15-9-3-1-2-4-11(9)16-12-8-14-13(7-10(12)15)18-5-6-19-14/h1-4,7-8H,5-6H2,(H,16,17). The SMILES string of the molecule is O=c1c2ccccc2[nH]c2cc3c(cc12)OCCO3. The molecule has 0 spiro atoms. The van der Waals surface area contributed by atoms with Crippen molar-refractivity contribution in [2.45, 2.75) is 0 Å². The van der Waals surface area contributed by atoms with Crippen molar-refractivity contribution in [3.8, 4) is 11.5 Å². The van der Waals surface area contributed by atoms with Gasteiger partial charge in [0.25, 0.3) is 0 Å². The first-order valence-electron chi connectivity index (χ1n) is 6.17. The lowest BCUT2D eigenvalue weighted by Gasteiger charge is -2.18. The summed E-state index contributed by atoms with van der Waals surface area (Å²) in [5, 5.41) is 1.31. The van der Waals surface area contributed by atoms with Crippen molar-refractivity contribution in [1.82, 2.24) is 4.98 Å². The third kappa shape index (κ3) is 1.50. The van der Waals surface area contributed by atoms with Crippen LogP contribution in [0.4, 0.5) is 0 Å². The highest BCUT2D eigenvalue weighted by molar-refractivity contribution is 5.93. The number of hydrogen-bond donors (Lipinski definition) is 1. The predicted octanol–water partition coefficient (Wildman–Crippen LogP) is 2.45. The van der Waals surface area contributed by atoms with Crippen LogP contribution in [0.5, 0.6) is 11.5 Å². The van der Waals surface area contributed by atoms with Crippen LogP contribution in [-0.4, -0.2) is 18.2 Å². The summed E-state index contributed by atoms with van der Waals surface area (Å²) in [7, 11) is 0. The number of benzene rings is 2. The van der Waals surface area contributed by atoms with E-state index in [0.717, 1.165) is 11.0 Å². The zero-order valence-electron chi connectivity index (χ0n) is 10.1. The summed E-state index contributed by atoms with van der Waals surface area (Å²) in [4.78, 5) is 15.7. The highest BCUT2D eigenvalue weighted by Crippen LogP contribution is 2.33. The molecule has 1 N–H and O–H groups in total. The van der Waals surface area contributed by atoms with E-state index in [2.05, 4.69) is 4.98 Å². The molecule has 1 aliphatic rings. The van der Waals surface area contributed by atoms with E-state index in [4.69, 9.17) is 9.47 Å².